The van der Waals surface area contributed by atoms with Crippen LogP contribution in [0.4, 0.5) is 0 Å². The van der Waals surface area contributed by atoms with Gasteiger partial charge in [-0.3, -0.25) is 29.7 Å². The SMILES string of the molecule is COc1ccc2nc(CNCc3ccc(CN(CCNCc4ccccn4)CCNCc4ccccn4)cc3)[nH]c2c1.c1ccc(CNCCN(CCNCc2ccccn2)Cc2ccc(CNCc3nc4ccccc4[nH]3)cc2)nc1. The van der Waals surface area contributed by atoms with Crippen molar-refractivity contribution in [2.24, 2.45) is 0 Å². The highest BCUT2D eigenvalue weighted by atomic mass is 16.5. The Hall–Kier alpha value is -8.10. The number of nitrogens with one attached hydrogen (secondary N) is 8. The molecule has 6 heterocycles. The van der Waals surface area contributed by atoms with Gasteiger partial charge in [0.05, 0.1) is 65.0 Å². The van der Waals surface area contributed by atoms with Crippen molar-refractivity contribution < 1.29 is 4.74 Å². The minimum Gasteiger partial charge on any atom is -0.497 e. The Morgan fingerprint density at radius 3 is 1.13 bits per heavy atom. The molecule has 424 valence electrons. The van der Waals surface area contributed by atoms with Gasteiger partial charge in [0.25, 0.3) is 0 Å². The van der Waals surface area contributed by atoms with Crippen molar-refractivity contribution in [3.05, 3.63) is 245 Å². The second-order valence-electron chi connectivity index (χ2n) is 20.2. The summed E-state index contributed by atoms with van der Waals surface area (Å²) in [5, 5.41) is 21.2. The van der Waals surface area contributed by atoms with Crippen LogP contribution in [-0.2, 0) is 65.4 Å². The van der Waals surface area contributed by atoms with E-state index in [-0.39, 0.29) is 0 Å². The molecule has 82 heavy (non-hydrogen) atoms. The maximum atomic E-state index is 5.31. The predicted molar refractivity (Wildman–Crippen MR) is 327 cm³/mol. The van der Waals surface area contributed by atoms with E-state index in [1.165, 1.54) is 22.3 Å². The Bertz CT molecular complexity index is 3200. The molecular formula is C65H78N16O. The average Bonchev–Trinajstić information content (AvgIpc) is 4.23. The van der Waals surface area contributed by atoms with Crippen molar-refractivity contribution in [2.45, 2.75) is 65.4 Å². The third-order valence-electron chi connectivity index (χ3n) is 13.8. The molecule has 0 bridgehead atoms. The molecule has 17 nitrogen and oxygen atoms in total. The normalized spacial score (nSPS) is 11.4. The van der Waals surface area contributed by atoms with E-state index in [1.807, 2.05) is 110 Å². The first-order valence-electron chi connectivity index (χ1n) is 28.5. The molecule has 0 aliphatic carbocycles. The maximum absolute atomic E-state index is 5.31. The number of hydrogen-bond donors (Lipinski definition) is 8. The van der Waals surface area contributed by atoms with E-state index in [9.17, 15) is 0 Å². The van der Waals surface area contributed by atoms with Gasteiger partial charge in [0.15, 0.2) is 0 Å². The molecule has 10 aromatic rings. The van der Waals surface area contributed by atoms with Crippen LogP contribution in [0.2, 0.25) is 0 Å². The molecule has 0 aliphatic rings. The zero-order valence-electron chi connectivity index (χ0n) is 47.1. The third kappa shape index (κ3) is 20.2. The number of benzene rings is 4. The van der Waals surface area contributed by atoms with Crippen molar-refractivity contribution in [1.29, 1.82) is 0 Å². The molecule has 0 fully saturated rings. The van der Waals surface area contributed by atoms with E-state index in [0.717, 1.165) is 167 Å². The zero-order valence-corrected chi connectivity index (χ0v) is 47.1. The van der Waals surface area contributed by atoms with Crippen LogP contribution >= 0.6 is 0 Å². The fraction of sp³-hybridized carbons (Fsp3) is 0.292. The van der Waals surface area contributed by atoms with Crippen LogP contribution in [0.25, 0.3) is 22.1 Å². The van der Waals surface area contributed by atoms with Gasteiger partial charge < -0.3 is 46.6 Å². The molecule has 0 radical (unpaired) electrons. The monoisotopic (exact) mass is 1100 g/mol. The molecule has 0 saturated carbocycles. The molecule has 0 amide bonds. The lowest BCUT2D eigenvalue weighted by Crippen LogP contribution is -2.36. The number of aromatic nitrogens is 8. The summed E-state index contributed by atoms with van der Waals surface area (Å²) in [6.45, 7) is 15.3. The summed E-state index contributed by atoms with van der Waals surface area (Å²) in [5.74, 6) is 2.70. The van der Waals surface area contributed by atoms with Gasteiger partial charge in [0.1, 0.15) is 17.4 Å². The van der Waals surface area contributed by atoms with Crippen LogP contribution < -0.4 is 36.6 Å². The van der Waals surface area contributed by atoms with Gasteiger partial charge >= 0.3 is 0 Å². The van der Waals surface area contributed by atoms with Crippen LogP contribution in [-0.4, -0.2) is 109 Å². The van der Waals surface area contributed by atoms with Crippen molar-refractivity contribution in [3.8, 4) is 5.75 Å². The summed E-state index contributed by atoms with van der Waals surface area (Å²) in [7, 11) is 1.67. The second-order valence-corrected chi connectivity index (χ2v) is 20.2. The molecule has 0 saturated heterocycles. The summed E-state index contributed by atoms with van der Waals surface area (Å²) >= 11 is 0. The van der Waals surface area contributed by atoms with E-state index < -0.39 is 0 Å². The van der Waals surface area contributed by atoms with Crippen molar-refractivity contribution in [2.75, 3.05) is 59.5 Å². The summed E-state index contributed by atoms with van der Waals surface area (Å²) in [6.07, 6.45) is 7.36. The van der Waals surface area contributed by atoms with Gasteiger partial charge in [-0.25, -0.2) is 9.97 Å². The molecule has 8 N–H and O–H groups in total. The molecule has 10 rings (SSSR count). The number of rotatable bonds is 33. The Kier molecular flexibility index (Phi) is 23.5. The minimum atomic E-state index is 0.670. The fourth-order valence-electron chi connectivity index (χ4n) is 9.40. The number of fused-ring (bicyclic) bond motifs is 2. The summed E-state index contributed by atoms with van der Waals surface area (Å²) in [4.78, 5) is 38.7. The fourth-order valence-corrected chi connectivity index (χ4v) is 9.40. The molecule has 0 atom stereocenters. The van der Waals surface area contributed by atoms with Gasteiger partial charge in [0.2, 0.25) is 0 Å². The smallest absolute Gasteiger partial charge is 0.121 e. The number of methoxy groups -OCH3 is 1. The lowest BCUT2D eigenvalue weighted by Gasteiger charge is -2.23. The number of aromatic amines is 2. The Balaban J connectivity index is 0.000000198. The van der Waals surface area contributed by atoms with Crippen molar-refractivity contribution in [1.82, 2.24) is 81.6 Å². The number of imidazole rings is 2. The number of para-hydroxylation sites is 2. The van der Waals surface area contributed by atoms with E-state index in [1.54, 1.807) is 7.11 Å². The summed E-state index contributed by atoms with van der Waals surface area (Å²) in [6, 6.07) is 56.0. The van der Waals surface area contributed by atoms with Crippen LogP contribution in [0.3, 0.4) is 0 Å². The Morgan fingerprint density at radius 2 is 0.744 bits per heavy atom. The van der Waals surface area contributed by atoms with Crippen LogP contribution in [0, 0.1) is 0 Å². The number of hydrogen-bond acceptors (Lipinski definition) is 15. The van der Waals surface area contributed by atoms with Crippen molar-refractivity contribution >= 4 is 22.1 Å². The van der Waals surface area contributed by atoms with Gasteiger partial charge in [-0.1, -0.05) is 84.9 Å². The maximum Gasteiger partial charge on any atom is 0.121 e. The number of H-pyrrole nitrogens is 2. The average molecular weight is 1100 g/mol. The number of ether oxygens (including phenoxy) is 1. The Labute approximate surface area is 482 Å². The van der Waals surface area contributed by atoms with Gasteiger partial charge in [-0.2, -0.15) is 0 Å². The highest BCUT2D eigenvalue weighted by molar-refractivity contribution is 5.77. The molecule has 17 heteroatoms. The lowest BCUT2D eigenvalue weighted by molar-refractivity contribution is 0.263. The van der Waals surface area contributed by atoms with Crippen LogP contribution in [0.15, 0.2) is 189 Å². The third-order valence-corrected chi connectivity index (χ3v) is 13.8. The topological polar surface area (TPSA) is 197 Å². The van der Waals surface area contributed by atoms with Gasteiger partial charge in [0, 0.05) is 136 Å². The van der Waals surface area contributed by atoms with E-state index >= 15 is 0 Å². The second kappa shape index (κ2) is 33.0. The highest BCUT2D eigenvalue weighted by Gasteiger charge is 2.11. The minimum absolute atomic E-state index is 0.670. The first-order valence-corrected chi connectivity index (χ1v) is 28.5. The predicted octanol–water partition coefficient (Wildman–Crippen LogP) is 8.06. The first kappa shape index (κ1) is 58.6. The van der Waals surface area contributed by atoms with Crippen LogP contribution in [0.1, 0.15) is 56.7 Å². The molecule has 0 aliphatic heterocycles. The van der Waals surface area contributed by atoms with E-state index in [2.05, 4.69) is 160 Å². The summed E-state index contributed by atoms with van der Waals surface area (Å²) in [5.41, 5.74) is 13.4. The molecule has 0 unspecified atom stereocenters. The zero-order chi connectivity index (χ0) is 56.1. The first-order chi connectivity index (χ1) is 40.6. The van der Waals surface area contributed by atoms with Gasteiger partial charge in [-0.05, 0) is 95.1 Å². The lowest BCUT2D eigenvalue weighted by atomic mass is 10.1. The van der Waals surface area contributed by atoms with Gasteiger partial charge in [-0.15, -0.1) is 0 Å². The molecule has 6 aromatic heterocycles. The summed E-state index contributed by atoms with van der Waals surface area (Å²) < 4.78 is 5.31. The largest absolute Gasteiger partial charge is 0.497 e. The number of nitrogens with zero attached hydrogens (tertiary/aromatic N) is 8. The Morgan fingerprint density at radius 1 is 0.366 bits per heavy atom. The van der Waals surface area contributed by atoms with Crippen molar-refractivity contribution in [3.63, 3.8) is 0 Å². The number of pyridine rings is 4. The standard InChI is InChI=1S/C33H40N8O.C32H38N8/c1-42-30-12-13-31-32(20-30)40-33(39-31)24-36-21-26-8-10-27(11-9-26)25-41(18-16-34-22-28-6-2-4-14-37-28)19-17-35-23-29-7-3-5-15-38-29;1-2-10-31-30(9-1)38-32(39-31)24-35-21-26-11-13-27(14-12-26)25-40(19-17-33-22-28-7-3-5-15-36-28)20-18-34-23-29-8-4-6-16-37-29/h2-15,20,34-36H,16-19,21-25H2,1H3,(H,39,40);1-16,33-35H,17-25H2,(H,38,39). The molecule has 4 aromatic carbocycles. The van der Waals surface area contributed by atoms with Crippen LogP contribution in [0.5, 0.6) is 5.75 Å². The van der Waals surface area contributed by atoms with E-state index in [0.29, 0.717) is 13.1 Å². The quantitative estimate of drug-likeness (QED) is 0.0184. The molecular weight excluding hydrogens is 1020 g/mol. The molecule has 0 spiro atoms. The highest BCUT2D eigenvalue weighted by Crippen LogP contribution is 2.19. The van der Waals surface area contributed by atoms with E-state index in [4.69, 9.17) is 4.74 Å².